The highest BCUT2D eigenvalue weighted by atomic mass is 32.1. The molecule has 1 saturated heterocycles. The molecular weight excluding hydrogens is 320 g/mol. The summed E-state index contributed by atoms with van der Waals surface area (Å²) in [7, 11) is 0. The summed E-state index contributed by atoms with van der Waals surface area (Å²) in [6, 6.07) is 12.0. The van der Waals surface area contributed by atoms with Crippen molar-refractivity contribution < 1.29 is 9.21 Å². The third kappa shape index (κ3) is 2.87. The summed E-state index contributed by atoms with van der Waals surface area (Å²) in [4.78, 5) is 19.3. The molecule has 3 heterocycles. The van der Waals surface area contributed by atoms with E-state index in [4.69, 9.17) is 9.40 Å². The van der Waals surface area contributed by atoms with Crippen molar-refractivity contribution in [3.63, 3.8) is 0 Å². The van der Waals surface area contributed by atoms with E-state index in [0.717, 1.165) is 35.7 Å². The average molecular weight is 338 g/mol. The van der Waals surface area contributed by atoms with Crippen LogP contribution in [0.5, 0.6) is 0 Å². The quantitative estimate of drug-likeness (QED) is 0.657. The number of amides is 1. The van der Waals surface area contributed by atoms with Crippen LogP contribution in [0, 0.1) is 6.92 Å². The second kappa shape index (κ2) is 6.24. The molecule has 122 valence electrons. The van der Waals surface area contributed by atoms with E-state index in [1.165, 1.54) is 4.70 Å². The first-order chi connectivity index (χ1) is 11.7. The van der Waals surface area contributed by atoms with Gasteiger partial charge in [-0.25, -0.2) is 4.98 Å². The van der Waals surface area contributed by atoms with Gasteiger partial charge in [0, 0.05) is 12.6 Å². The minimum Gasteiger partial charge on any atom is -0.462 e. The molecule has 1 atom stereocenters. The number of aryl methyl sites for hydroxylation is 1. The fourth-order valence-electron chi connectivity index (χ4n) is 3.11. The summed E-state index contributed by atoms with van der Waals surface area (Å²) in [6.07, 6.45) is 5.33. The molecule has 1 amide bonds. The number of rotatable bonds is 3. The third-order valence-electron chi connectivity index (χ3n) is 4.28. The normalized spacial score (nSPS) is 18.0. The largest absolute Gasteiger partial charge is 0.462 e. The Morgan fingerprint density at radius 1 is 1.33 bits per heavy atom. The lowest BCUT2D eigenvalue weighted by molar-refractivity contribution is -0.126. The minimum absolute atomic E-state index is 0.0193. The molecule has 0 bridgehead atoms. The van der Waals surface area contributed by atoms with E-state index in [-0.39, 0.29) is 11.9 Å². The van der Waals surface area contributed by atoms with Crippen molar-refractivity contribution >= 4 is 33.5 Å². The molecule has 0 spiro atoms. The summed E-state index contributed by atoms with van der Waals surface area (Å²) < 4.78 is 6.65. The zero-order valence-corrected chi connectivity index (χ0v) is 14.3. The lowest BCUT2D eigenvalue weighted by Crippen LogP contribution is -2.28. The van der Waals surface area contributed by atoms with Gasteiger partial charge < -0.3 is 9.32 Å². The molecule has 0 N–H and O–H groups in total. The first-order valence-electron chi connectivity index (χ1n) is 8.11. The average Bonchev–Trinajstić information content (AvgIpc) is 3.30. The monoisotopic (exact) mass is 338 g/mol. The van der Waals surface area contributed by atoms with Crippen molar-refractivity contribution in [1.82, 2.24) is 9.88 Å². The highest BCUT2D eigenvalue weighted by Gasteiger charge is 2.31. The summed E-state index contributed by atoms with van der Waals surface area (Å²) in [5, 5.41) is 1.03. The van der Waals surface area contributed by atoms with Gasteiger partial charge in [-0.1, -0.05) is 12.1 Å². The van der Waals surface area contributed by atoms with Gasteiger partial charge >= 0.3 is 0 Å². The van der Waals surface area contributed by atoms with E-state index >= 15 is 0 Å². The number of likely N-dealkylation sites (tertiary alicyclic amines) is 1. The summed E-state index contributed by atoms with van der Waals surface area (Å²) in [5.74, 6) is 1.57. The van der Waals surface area contributed by atoms with E-state index in [1.54, 1.807) is 23.5 Å². The van der Waals surface area contributed by atoms with Crippen LogP contribution in [-0.2, 0) is 4.79 Å². The number of aromatic nitrogens is 1. The number of fused-ring (bicyclic) bond motifs is 1. The number of nitrogens with zero attached hydrogens (tertiary/aromatic N) is 2. The first kappa shape index (κ1) is 15.1. The Bertz CT molecular complexity index is 876. The van der Waals surface area contributed by atoms with Gasteiger partial charge in [0.2, 0.25) is 5.91 Å². The van der Waals surface area contributed by atoms with Crippen molar-refractivity contribution in [3.8, 4) is 0 Å². The number of carbonyl (C=O) groups is 1. The Morgan fingerprint density at radius 2 is 2.21 bits per heavy atom. The molecule has 0 unspecified atom stereocenters. The molecule has 1 fully saturated rings. The Balaban J connectivity index is 1.55. The summed E-state index contributed by atoms with van der Waals surface area (Å²) in [5.41, 5.74) is 1.01. The highest BCUT2D eigenvalue weighted by Crippen LogP contribution is 2.36. The van der Waals surface area contributed by atoms with Crippen molar-refractivity contribution in [2.24, 2.45) is 0 Å². The minimum atomic E-state index is 0.0193. The number of carbonyl (C=O) groups excluding carboxylic acids is 1. The predicted molar refractivity (Wildman–Crippen MR) is 95.8 cm³/mol. The van der Waals surface area contributed by atoms with Gasteiger partial charge in [0.1, 0.15) is 16.5 Å². The molecular formula is C19H18N2O2S. The van der Waals surface area contributed by atoms with Crippen LogP contribution >= 0.6 is 11.3 Å². The highest BCUT2D eigenvalue weighted by molar-refractivity contribution is 7.18. The molecule has 0 saturated carbocycles. The maximum absolute atomic E-state index is 12.6. The molecule has 0 aliphatic carbocycles. The number of benzene rings is 1. The number of furan rings is 1. The SMILES string of the molecule is Cc1ccc(/C=C/C(=O)N2CCC[C@H]2c2nc3ccccc3s2)o1. The Labute approximate surface area is 144 Å². The second-order valence-corrected chi connectivity index (χ2v) is 7.05. The van der Waals surface area contributed by atoms with Crippen molar-refractivity contribution in [2.75, 3.05) is 6.54 Å². The molecule has 3 aromatic rings. The van der Waals surface area contributed by atoms with Gasteiger partial charge in [-0.3, -0.25) is 4.79 Å². The number of hydrogen-bond donors (Lipinski definition) is 0. The Hall–Kier alpha value is -2.40. The molecule has 5 heteroatoms. The molecule has 1 aliphatic heterocycles. The van der Waals surface area contributed by atoms with E-state index < -0.39 is 0 Å². The van der Waals surface area contributed by atoms with E-state index in [2.05, 4.69) is 6.07 Å². The maximum atomic E-state index is 12.6. The summed E-state index contributed by atoms with van der Waals surface area (Å²) >= 11 is 1.69. The van der Waals surface area contributed by atoms with E-state index in [9.17, 15) is 4.79 Å². The third-order valence-corrected chi connectivity index (χ3v) is 5.42. The van der Waals surface area contributed by atoms with Crippen LogP contribution in [0.25, 0.3) is 16.3 Å². The number of para-hydroxylation sites is 1. The molecule has 1 aromatic carbocycles. The lowest BCUT2D eigenvalue weighted by Gasteiger charge is -2.21. The number of thiazole rings is 1. The summed E-state index contributed by atoms with van der Waals surface area (Å²) in [6.45, 7) is 2.67. The molecule has 0 radical (unpaired) electrons. The van der Waals surface area contributed by atoms with Crippen LogP contribution in [0.3, 0.4) is 0 Å². The molecule has 2 aromatic heterocycles. The van der Waals surface area contributed by atoms with Crippen molar-refractivity contribution in [3.05, 3.63) is 59.0 Å². The Morgan fingerprint density at radius 3 is 3.00 bits per heavy atom. The lowest BCUT2D eigenvalue weighted by atomic mass is 10.2. The van der Waals surface area contributed by atoms with Gasteiger partial charge in [-0.2, -0.15) is 0 Å². The van der Waals surface area contributed by atoms with Crippen LogP contribution in [0.15, 0.2) is 46.9 Å². The first-order valence-corrected chi connectivity index (χ1v) is 8.93. The molecule has 4 nitrogen and oxygen atoms in total. The van der Waals surface area contributed by atoms with Crippen LogP contribution in [0.1, 0.15) is 35.4 Å². The molecule has 24 heavy (non-hydrogen) atoms. The van der Waals surface area contributed by atoms with Gasteiger partial charge in [0.05, 0.1) is 16.3 Å². The van der Waals surface area contributed by atoms with E-state index in [1.807, 2.05) is 42.2 Å². The maximum Gasteiger partial charge on any atom is 0.247 e. The standard InChI is InChI=1S/C19H18N2O2S/c1-13-8-9-14(23-13)10-11-18(22)21-12-4-6-16(21)19-20-15-5-2-3-7-17(15)24-19/h2-3,5,7-11,16H,4,6,12H2,1H3/b11-10+/t16-/m0/s1. The van der Waals surface area contributed by atoms with Crippen LogP contribution < -0.4 is 0 Å². The molecule has 4 rings (SSSR count). The van der Waals surface area contributed by atoms with E-state index in [0.29, 0.717) is 5.76 Å². The van der Waals surface area contributed by atoms with Gasteiger partial charge in [0.25, 0.3) is 0 Å². The van der Waals surface area contributed by atoms with Crippen LogP contribution in [-0.4, -0.2) is 22.3 Å². The van der Waals surface area contributed by atoms with Gasteiger partial charge in [0.15, 0.2) is 0 Å². The van der Waals surface area contributed by atoms with Crippen LogP contribution in [0.4, 0.5) is 0 Å². The van der Waals surface area contributed by atoms with Crippen LogP contribution in [0.2, 0.25) is 0 Å². The topological polar surface area (TPSA) is 46.3 Å². The van der Waals surface area contributed by atoms with Gasteiger partial charge in [-0.15, -0.1) is 11.3 Å². The fraction of sp³-hybridized carbons (Fsp3) is 0.263. The zero-order valence-electron chi connectivity index (χ0n) is 13.4. The number of hydrogen-bond acceptors (Lipinski definition) is 4. The van der Waals surface area contributed by atoms with Gasteiger partial charge in [-0.05, 0) is 50.1 Å². The van der Waals surface area contributed by atoms with Crippen molar-refractivity contribution in [2.45, 2.75) is 25.8 Å². The predicted octanol–water partition coefficient (Wildman–Crippen LogP) is 4.57. The second-order valence-electron chi connectivity index (χ2n) is 5.99. The van der Waals surface area contributed by atoms with Crippen molar-refractivity contribution in [1.29, 1.82) is 0 Å². The molecule has 1 aliphatic rings. The smallest absolute Gasteiger partial charge is 0.247 e. The Kier molecular flexibility index (Phi) is 3.94. The zero-order chi connectivity index (χ0) is 16.5. The fourth-order valence-corrected chi connectivity index (χ4v) is 4.23.